The first-order chi connectivity index (χ1) is 12.8. The van der Waals surface area contributed by atoms with Crippen LogP contribution in [0.5, 0.6) is 0 Å². The molecule has 0 amide bonds. The summed E-state index contributed by atoms with van der Waals surface area (Å²) in [6.07, 6.45) is 29.8. The third-order valence-corrected chi connectivity index (χ3v) is 5.34. The van der Waals surface area contributed by atoms with Crippen molar-refractivity contribution in [1.82, 2.24) is 10.2 Å². The van der Waals surface area contributed by atoms with Gasteiger partial charge in [0.05, 0.1) is 12.3 Å². The van der Waals surface area contributed by atoms with Gasteiger partial charge in [0.2, 0.25) is 0 Å². The lowest BCUT2D eigenvalue weighted by Crippen LogP contribution is -2.44. The van der Waals surface area contributed by atoms with E-state index in [0.717, 1.165) is 0 Å². The van der Waals surface area contributed by atoms with Crippen molar-refractivity contribution in [1.29, 1.82) is 0 Å². The van der Waals surface area contributed by atoms with Gasteiger partial charge in [0, 0.05) is 12.4 Å². The van der Waals surface area contributed by atoms with Gasteiger partial charge in [-0.05, 0) is 39.0 Å². The highest BCUT2D eigenvalue weighted by atomic mass is 15.3. The van der Waals surface area contributed by atoms with Gasteiger partial charge in [-0.3, -0.25) is 0 Å². The molecule has 152 valence electrons. The van der Waals surface area contributed by atoms with Gasteiger partial charge in [0.1, 0.15) is 0 Å². The maximum absolute atomic E-state index is 5.98. The molecule has 1 aliphatic heterocycles. The van der Waals surface area contributed by atoms with E-state index in [4.69, 9.17) is 5.73 Å². The van der Waals surface area contributed by atoms with Gasteiger partial charge in [0.25, 0.3) is 0 Å². The monoisotopic (exact) mass is 363 g/mol. The minimum Gasteiger partial charge on any atom is -0.370 e. The van der Waals surface area contributed by atoms with E-state index >= 15 is 0 Å². The van der Waals surface area contributed by atoms with Crippen LogP contribution < -0.4 is 11.1 Å². The SMILES string of the molecule is CCC/C=C/CCCCCCCCCCCCCC1NC=CN1C(C)N. The van der Waals surface area contributed by atoms with Crippen LogP contribution in [0.3, 0.4) is 0 Å². The average Bonchev–Trinajstić information content (AvgIpc) is 3.10. The van der Waals surface area contributed by atoms with Crippen LogP contribution in [0.1, 0.15) is 110 Å². The van der Waals surface area contributed by atoms with Gasteiger partial charge in [-0.1, -0.05) is 83.3 Å². The fourth-order valence-electron chi connectivity index (χ4n) is 3.68. The maximum Gasteiger partial charge on any atom is 0.0995 e. The van der Waals surface area contributed by atoms with Crippen LogP contribution in [0.25, 0.3) is 0 Å². The molecule has 3 N–H and O–H groups in total. The Morgan fingerprint density at radius 1 is 0.885 bits per heavy atom. The Kier molecular flexibility index (Phi) is 14.4. The molecule has 0 aromatic carbocycles. The number of hydrogen-bond donors (Lipinski definition) is 2. The standard InChI is InChI=1S/C23H45N3/c1-3-4-5-6-7-8-9-10-11-12-13-14-15-16-17-18-19-23-25-20-21-26(23)22(2)24/h5-6,20-23,25H,3-4,7-19,24H2,1-2H3/b6-5+. The Morgan fingerprint density at radius 3 is 2.00 bits per heavy atom. The molecule has 3 heteroatoms. The molecule has 0 bridgehead atoms. The zero-order chi connectivity index (χ0) is 18.9. The molecule has 1 heterocycles. The minimum absolute atomic E-state index is 0.101. The van der Waals surface area contributed by atoms with Crippen LogP contribution in [0.15, 0.2) is 24.6 Å². The summed E-state index contributed by atoms with van der Waals surface area (Å²) < 4.78 is 0. The second-order valence-corrected chi connectivity index (χ2v) is 7.91. The predicted molar refractivity (Wildman–Crippen MR) is 116 cm³/mol. The lowest BCUT2D eigenvalue weighted by Gasteiger charge is -2.28. The second kappa shape index (κ2) is 16.2. The number of nitrogens with two attached hydrogens (primary N) is 1. The normalized spacial score (nSPS) is 18.0. The summed E-state index contributed by atoms with van der Waals surface area (Å²) in [6, 6.07) is 0. The highest BCUT2D eigenvalue weighted by Crippen LogP contribution is 2.16. The highest BCUT2D eigenvalue weighted by molar-refractivity contribution is 4.95. The smallest absolute Gasteiger partial charge is 0.0995 e. The Balaban J connectivity index is 1.77. The number of nitrogens with one attached hydrogen (secondary N) is 1. The van der Waals surface area contributed by atoms with E-state index in [-0.39, 0.29) is 6.17 Å². The molecule has 0 aromatic heterocycles. The molecule has 0 fully saturated rings. The first kappa shape index (κ1) is 23.1. The van der Waals surface area contributed by atoms with Gasteiger partial charge in [-0.25, -0.2) is 0 Å². The molecule has 2 atom stereocenters. The third-order valence-electron chi connectivity index (χ3n) is 5.34. The summed E-state index contributed by atoms with van der Waals surface area (Å²) in [4.78, 5) is 2.22. The van der Waals surface area contributed by atoms with Gasteiger partial charge < -0.3 is 16.0 Å². The molecule has 3 nitrogen and oxygen atoms in total. The number of rotatable bonds is 17. The van der Waals surface area contributed by atoms with Gasteiger partial charge in [0.15, 0.2) is 0 Å². The van der Waals surface area contributed by atoms with Gasteiger partial charge in [-0.15, -0.1) is 0 Å². The molecule has 1 aliphatic rings. The molecule has 0 aliphatic carbocycles. The van der Waals surface area contributed by atoms with Crippen molar-refractivity contribution in [3.63, 3.8) is 0 Å². The van der Waals surface area contributed by atoms with Gasteiger partial charge >= 0.3 is 0 Å². The fraction of sp³-hybridized carbons (Fsp3) is 0.826. The molecule has 0 saturated heterocycles. The fourth-order valence-corrected chi connectivity index (χ4v) is 3.68. The van der Waals surface area contributed by atoms with Crippen molar-refractivity contribution in [2.45, 2.75) is 122 Å². The van der Waals surface area contributed by atoms with E-state index in [2.05, 4.69) is 42.4 Å². The second-order valence-electron chi connectivity index (χ2n) is 7.91. The zero-order valence-corrected chi connectivity index (χ0v) is 17.6. The minimum atomic E-state index is 0.101. The Bertz CT molecular complexity index is 362. The van der Waals surface area contributed by atoms with Gasteiger partial charge in [-0.2, -0.15) is 0 Å². The lowest BCUT2D eigenvalue weighted by atomic mass is 10.0. The van der Waals surface area contributed by atoms with E-state index in [1.165, 1.54) is 96.3 Å². The molecule has 0 spiro atoms. The van der Waals surface area contributed by atoms with E-state index in [9.17, 15) is 0 Å². The lowest BCUT2D eigenvalue weighted by molar-refractivity contribution is 0.208. The first-order valence-electron chi connectivity index (χ1n) is 11.4. The van der Waals surface area contributed by atoms with E-state index < -0.39 is 0 Å². The van der Waals surface area contributed by atoms with Crippen LogP contribution >= 0.6 is 0 Å². The molecule has 2 unspecified atom stereocenters. The van der Waals surface area contributed by atoms with Crippen LogP contribution in [0.4, 0.5) is 0 Å². The van der Waals surface area contributed by atoms with Crippen LogP contribution in [0, 0.1) is 0 Å². The van der Waals surface area contributed by atoms with Crippen molar-refractivity contribution in [2.24, 2.45) is 5.73 Å². The molecular formula is C23H45N3. The maximum atomic E-state index is 5.98. The molecule has 0 aromatic rings. The quantitative estimate of drug-likeness (QED) is 0.231. The summed E-state index contributed by atoms with van der Waals surface area (Å²) in [7, 11) is 0. The van der Waals surface area contributed by atoms with Crippen molar-refractivity contribution in [3.8, 4) is 0 Å². The summed E-state index contributed by atoms with van der Waals surface area (Å²) in [5.41, 5.74) is 5.98. The topological polar surface area (TPSA) is 41.3 Å². The number of nitrogens with zero attached hydrogens (tertiary/aromatic N) is 1. The van der Waals surface area contributed by atoms with E-state index in [1.54, 1.807) is 0 Å². The van der Waals surface area contributed by atoms with Crippen LogP contribution in [0.2, 0.25) is 0 Å². The predicted octanol–water partition coefficient (Wildman–Crippen LogP) is 6.42. The van der Waals surface area contributed by atoms with E-state index in [0.29, 0.717) is 6.17 Å². The summed E-state index contributed by atoms with van der Waals surface area (Å²) >= 11 is 0. The van der Waals surface area contributed by atoms with Crippen molar-refractivity contribution >= 4 is 0 Å². The molecule has 26 heavy (non-hydrogen) atoms. The average molecular weight is 364 g/mol. The number of unbranched alkanes of at least 4 members (excludes halogenated alkanes) is 12. The summed E-state index contributed by atoms with van der Waals surface area (Å²) in [5, 5.41) is 3.40. The third kappa shape index (κ3) is 11.6. The molecule has 0 radical (unpaired) electrons. The molecular weight excluding hydrogens is 318 g/mol. The van der Waals surface area contributed by atoms with E-state index in [1.807, 2.05) is 6.20 Å². The zero-order valence-electron chi connectivity index (χ0n) is 17.6. The van der Waals surface area contributed by atoms with Crippen molar-refractivity contribution < 1.29 is 0 Å². The number of allylic oxidation sites excluding steroid dienone is 2. The highest BCUT2D eigenvalue weighted by Gasteiger charge is 2.20. The largest absolute Gasteiger partial charge is 0.370 e. The Morgan fingerprint density at radius 2 is 1.42 bits per heavy atom. The van der Waals surface area contributed by atoms with Crippen LogP contribution in [-0.2, 0) is 0 Å². The Hall–Kier alpha value is -0.960. The molecule has 0 saturated carbocycles. The molecule has 1 rings (SSSR count). The number of hydrogen-bond acceptors (Lipinski definition) is 3. The van der Waals surface area contributed by atoms with Crippen molar-refractivity contribution in [2.75, 3.05) is 0 Å². The van der Waals surface area contributed by atoms with Crippen LogP contribution in [-0.4, -0.2) is 17.2 Å². The summed E-state index contributed by atoms with van der Waals surface area (Å²) in [5.74, 6) is 0. The van der Waals surface area contributed by atoms with Crippen molar-refractivity contribution in [3.05, 3.63) is 24.6 Å². The summed E-state index contributed by atoms with van der Waals surface area (Å²) in [6.45, 7) is 4.29. The Labute approximate surface area is 163 Å². The first-order valence-corrected chi connectivity index (χ1v) is 11.4.